The van der Waals surface area contributed by atoms with Gasteiger partial charge in [-0.1, -0.05) is 12.1 Å². The number of hydrogen-bond donors (Lipinski definition) is 0. The van der Waals surface area contributed by atoms with E-state index in [0.29, 0.717) is 31.5 Å². The molecular weight excluding hydrogens is 382 g/mol. The van der Waals surface area contributed by atoms with Gasteiger partial charge in [0.05, 0.1) is 12.5 Å². The number of piperidine rings is 2. The molecule has 1 aromatic rings. The van der Waals surface area contributed by atoms with Crippen molar-refractivity contribution in [3.8, 4) is 0 Å². The molecular formula is C23H31N3O4. The smallest absolute Gasteiger partial charge is 0.310 e. The maximum atomic E-state index is 12.6. The van der Waals surface area contributed by atoms with Crippen molar-refractivity contribution in [1.82, 2.24) is 14.4 Å². The molecule has 30 heavy (non-hydrogen) atoms. The van der Waals surface area contributed by atoms with Crippen LogP contribution in [0.3, 0.4) is 0 Å². The molecule has 2 bridgehead atoms. The lowest BCUT2D eigenvalue weighted by Crippen LogP contribution is -2.47. The van der Waals surface area contributed by atoms with E-state index < -0.39 is 0 Å². The van der Waals surface area contributed by atoms with E-state index in [1.807, 2.05) is 16.7 Å². The Kier molecular flexibility index (Phi) is 6.37. The summed E-state index contributed by atoms with van der Waals surface area (Å²) in [7, 11) is 0. The summed E-state index contributed by atoms with van der Waals surface area (Å²) in [5, 5.41) is 0. The van der Waals surface area contributed by atoms with Crippen molar-refractivity contribution >= 4 is 11.9 Å². The summed E-state index contributed by atoms with van der Waals surface area (Å²) in [6.45, 7) is 6.69. The van der Waals surface area contributed by atoms with Crippen molar-refractivity contribution in [1.29, 1.82) is 0 Å². The largest absolute Gasteiger partial charge is 0.466 e. The molecule has 0 unspecified atom stereocenters. The third kappa shape index (κ3) is 4.51. The van der Waals surface area contributed by atoms with Crippen molar-refractivity contribution in [3.05, 3.63) is 46.4 Å². The minimum Gasteiger partial charge on any atom is -0.466 e. The molecule has 2 saturated heterocycles. The molecule has 0 spiro atoms. The van der Waals surface area contributed by atoms with E-state index in [1.54, 1.807) is 24.0 Å². The number of carbonyl (C=O) groups is 2. The topological polar surface area (TPSA) is 71.8 Å². The predicted octanol–water partition coefficient (Wildman–Crippen LogP) is 1.63. The molecule has 1 aromatic heterocycles. The monoisotopic (exact) mass is 413 g/mol. The van der Waals surface area contributed by atoms with Crippen molar-refractivity contribution in [2.45, 2.75) is 38.6 Å². The summed E-state index contributed by atoms with van der Waals surface area (Å²) < 4.78 is 7.05. The summed E-state index contributed by atoms with van der Waals surface area (Å²) in [4.78, 5) is 40.9. The Balaban J connectivity index is 1.31. The zero-order chi connectivity index (χ0) is 21.1. The van der Waals surface area contributed by atoms with Gasteiger partial charge < -0.3 is 14.2 Å². The minimum absolute atomic E-state index is 0.0295. The van der Waals surface area contributed by atoms with Gasteiger partial charge in [-0.3, -0.25) is 19.3 Å². The van der Waals surface area contributed by atoms with Gasteiger partial charge in [-0.05, 0) is 38.2 Å². The summed E-state index contributed by atoms with van der Waals surface area (Å²) in [6, 6.07) is 5.57. The second-order valence-electron chi connectivity index (χ2n) is 8.69. The van der Waals surface area contributed by atoms with Crippen LogP contribution in [-0.4, -0.2) is 65.6 Å². The van der Waals surface area contributed by atoms with Crippen LogP contribution in [0.25, 0.3) is 0 Å². The SMILES string of the molecule is CCOC(=O)[C@@H]1CCCN(C(=O)/C=C/CN2C[C@@H]3C[C@H](C2)c2cccc(=O)n2C3)C1. The van der Waals surface area contributed by atoms with Crippen LogP contribution in [-0.2, 0) is 20.9 Å². The Hall–Kier alpha value is -2.41. The van der Waals surface area contributed by atoms with Crippen LogP contribution in [0.5, 0.6) is 0 Å². The van der Waals surface area contributed by atoms with E-state index >= 15 is 0 Å². The van der Waals surface area contributed by atoms with Crippen LogP contribution in [0.1, 0.15) is 37.8 Å². The summed E-state index contributed by atoms with van der Waals surface area (Å²) in [5.74, 6) is 0.424. The fourth-order valence-electron chi connectivity index (χ4n) is 5.18. The van der Waals surface area contributed by atoms with Crippen LogP contribution in [0.4, 0.5) is 0 Å². The van der Waals surface area contributed by atoms with Gasteiger partial charge in [-0.25, -0.2) is 0 Å². The van der Waals surface area contributed by atoms with Crippen LogP contribution >= 0.6 is 0 Å². The summed E-state index contributed by atoms with van der Waals surface area (Å²) in [6.07, 6.45) is 6.34. The molecule has 3 aliphatic rings. The number of aromatic nitrogens is 1. The fourth-order valence-corrected chi connectivity index (χ4v) is 5.18. The lowest BCUT2D eigenvalue weighted by atomic mass is 9.83. The van der Waals surface area contributed by atoms with Gasteiger partial charge in [-0.2, -0.15) is 0 Å². The number of likely N-dealkylation sites (tertiary alicyclic amines) is 2. The highest BCUT2D eigenvalue weighted by molar-refractivity contribution is 5.88. The minimum atomic E-state index is -0.207. The molecule has 0 saturated carbocycles. The number of pyridine rings is 1. The molecule has 3 atom stereocenters. The van der Waals surface area contributed by atoms with Gasteiger partial charge in [0.25, 0.3) is 5.56 Å². The molecule has 7 nitrogen and oxygen atoms in total. The van der Waals surface area contributed by atoms with Gasteiger partial charge in [0, 0.05) is 63.0 Å². The molecule has 0 radical (unpaired) electrons. The molecule has 2 fully saturated rings. The maximum Gasteiger partial charge on any atom is 0.310 e. The number of amides is 1. The van der Waals surface area contributed by atoms with Crippen LogP contribution in [0, 0.1) is 11.8 Å². The molecule has 0 aromatic carbocycles. The Bertz CT molecular complexity index is 877. The Morgan fingerprint density at radius 1 is 1.20 bits per heavy atom. The summed E-state index contributed by atoms with van der Waals surface area (Å²) in [5.41, 5.74) is 1.24. The lowest BCUT2D eigenvalue weighted by molar-refractivity contribution is -0.150. The zero-order valence-corrected chi connectivity index (χ0v) is 17.7. The highest BCUT2D eigenvalue weighted by Gasteiger charge is 2.34. The lowest BCUT2D eigenvalue weighted by Gasteiger charge is -2.42. The normalized spacial score (nSPS) is 26.4. The number of nitrogens with zero attached hydrogens (tertiary/aromatic N) is 3. The first-order valence-corrected chi connectivity index (χ1v) is 11.1. The Labute approximate surface area is 177 Å². The first kappa shape index (κ1) is 20.8. The van der Waals surface area contributed by atoms with E-state index in [2.05, 4.69) is 11.0 Å². The van der Waals surface area contributed by atoms with E-state index in [-0.39, 0.29) is 23.4 Å². The Morgan fingerprint density at radius 3 is 2.90 bits per heavy atom. The van der Waals surface area contributed by atoms with Gasteiger partial charge in [-0.15, -0.1) is 0 Å². The van der Waals surface area contributed by atoms with E-state index in [9.17, 15) is 14.4 Å². The molecule has 7 heteroatoms. The van der Waals surface area contributed by atoms with E-state index in [4.69, 9.17) is 4.74 Å². The third-order valence-corrected chi connectivity index (χ3v) is 6.53. The van der Waals surface area contributed by atoms with Gasteiger partial charge in [0.15, 0.2) is 0 Å². The van der Waals surface area contributed by atoms with Crippen LogP contribution < -0.4 is 5.56 Å². The molecule has 162 valence electrons. The average molecular weight is 414 g/mol. The van der Waals surface area contributed by atoms with Crippen molar-refractivity contribution in [2.75, 3.05) is 39.3 Å². The van der Waals surface area contributed by atoms with Gasteiger partial charge in [0.2, 0.25) is 5.91 Å². The van der Waals surface area contributed by atoms with Crippen molar-refractivity contribution < 1.29 is 14.3 Å². The quantitative estimate of drug-likeness (QED) is 0.542. The van der Waals surface area contributed by atoms with E-state index in [1.165, 1.54) is 0 Å². The highest BCUT2D eigenvalue weighted by atomic mass is 16.5. The number of esters is 1. The molecule has 0 aliphatic carbocycles. The third-order valence-electron chi connectivity index (χ3n) is 6.53. The molecule has 0 N–H and O–H groups in total. The molecule has 4 heterocycles. The van der Waals surface area contributed by atoms with Gasteiger partial charge in [0.1, 0.15) is 0 Å². The molecule has 1 amide bonds. The summed E-state index contributed by atoms with van der Waals surface area (Å²) >= 11 is 0. The molecule has 4 rings (SSSR count). The first-order valence-electron chi connectivity index (χ1n) is 11.1. The number of fused-ring (bicyclic) bond motifs is 4. The number of carbonyl (C=O) groups excluding carboxylic acids is 2. The van der Waals surface area contributed by atoms with E-state index in [0.717, 1.165) is 51.1 Å². The zero-order valence-electron chi connectivity index (χ0n) is 17.7. The maximum absolute atomic E-state index is 12.6. The second kappa shape index (κ2) is 9.16. The van der Waals surface area contributed by atoms with Crippen LogP contribution in [0.15, 0.2) is 35.1 Å². The van der Waals surface area contributed by atoms with Crippen molar-refractivity contribution in [2.24, 2.45) is 11.8 Å². The fraction of sp³-hybridized carbons (Fsp3) is 0.609. The second-order valence-corrected chi connectivity index (χ2v) is 8.69. The Morgan fingerprint density at radius 2 is 2.07 bits per heavy atom. The van der Waals surface area contributed by atoms with Gasteiger partial charge >= 0.3 is 5.97 Å². The number of rotatable bonds is 5. The standard InChI is InChI=1S/C23H31N3O4/c1-2-30-23(29)18-6-4-11-25(16-18)21(27)9-5-10-24-13-17-12-19(15-24)20-7-3-8-22(28)26(20)14-17/h3,5,7-9,17-19H,2,4,6,10-16H2,1H3/b9-5+/t17-,18+,19+/m0/s1. The average Bonchev–Trinajstić information content (AvgIpc) is 2.75. The highest BCUT2D eigenvalue weighted by Crippen LogP contribution is 2.34. The number of hydrogen-bond acceptors (Lipinski definition) is 5. The van der Waals surface area contributed by atoms with Crippen LogP contribution in [0.2, 0.25) is 0 Å². The molecule has 3 aliphatic heterocycles. The first-order chi connectivity index (χ1) is 14.5. The van der Waals surface area contributed by atoms with Crippen molar-refractivity contribution in [3.63, 3.8) is 0 Å². The predicted molar refractivity (Wildman–Crippen MR) is 113 cm³/mol. The number of ether oxygens (including phenoxy) is 1.